The number of carbonyl (C=O) groups is 3. The number of aromatic nitrogens is 3. The molecule has 1 aliphatic rings. The van der Waals surface area contributed by atoms with E-state index in [2.05, 4.69) is 30.9 Å². The maximum absolute atomic E-state index is 13.1. The van der Waals surface area contributed by atoms with Crippen molar-refractivity contribution in [1.29, 1.82) is 0 Å². The SMILES string of the molecule is Cc1oc2nc1C(=O)NC(C)c1nc(cs1)C(=O)N[C@@H](C(C)C)c1nc(cs1)C(=O)NC2C(C)C. The van der Waals surface area contributed by atoms with Crippen molar-refractivity contribution in [2.24, 2.45) is 11.8 Å². The fourth-order valence-electron chi connectivity index (χ4n) is 3.67. The van der Waals surface area contributed by atoms with E-state index in [-0.39, 0.29) is 46.6 Å². The molecular weight excluding hydrogens is 488 g/mol. The fraction of sp³-hybridized carbons (Fsp3) is 0.478. The first-order valence-electron chi connectivity index (χ1n) is 11.4. The molecule has 1 aliphatic heterocycles. The van der Waals surface area contributed by atoms with Crippen LogP contribution in [-0.2, 0) is 0 Å². The summed E-state index contributed by atoms with van der Waals surface area (Å²) in [5.74, 6) is -0.594. The molecule has 0 saturated carbocycles. The Morgan fingerprint density at radius 3 is 1.94 bits per heavy atom. The van der Waals surface area contributed by atoms with E-state index in [1.165, 1.54) is 22.7 Å². The van der Waals surface area contributed by atoms with E-state index in [1.54, 1.807) is 24.6 Å². The summed E-state index contributed by atoms with van der Waals surface area (Å²) < 4.78 is 5.81. The van der Waals surface area contributed by atoms with Crippen molar-refractivity contribution in [3.8, 4) is 0 Å². The van der Waals surface area contributed by atoms with Gasteiger partial charge in [0, 0.05) is 10.8 Å². The molecule has 3 atom stereocenters. The van der Waals surface area contributed by atoms with E-state index in [0.29, 0.717) is 15.8 Å². The Balaban J connectivity index is 1.78. The van der Waals surface area contributed by atoms with Gasteiger partial charge in [0.2, 0.25) is 5.89 Å². The van der Waals surface area contributed by atoms with E-state index in [9.17, 15) is 14.4 Å². The molecule has 0 aromatic carbocycles. The lowest BCUT2D eigenvalue weighted by atomic mass is 10.0. The topological polar surface area (TPSA) is 139 Å². The van der Waals surface area contributed by atoms with Crippen molar-refractivity contribution >= 4 is 40.4 Å². The number of hydrogen-bond acceptors (Lipinski definition) is 9. The van der Waals surface area contributed by atoms with Crippen molar-refractivity contribution in [3.63, 3.8) is 0 Å². The summed E-state index contributed by atoms with van der Waals surface area (Å²) in [4.78, 5) is 52.4. The molecule has 3 amide bonds. The Labute approximate surface area is 211 Å². The monoisotopic (exact) mass is 516 g/mol. The van der Waals surface area contributed by atoms with E-state index < -0.39 is 24.0 Å². The number of fused-ring (bicyclic) bond motifs is 6. The number of nitrogens with one attached hydrogen (secondary N) is 3. The molecule has 0 aliphatic carbocycles. The number of oxazole rings is 1. The van der Waals surface area contributed by atoms with Crippen LogP contribution < -0.4 is 16.0 Å². The molecule has 0 radical (unpaired) electrons. The van der Waals surface area contributed by atoms with Gasteiger partial charge in [-0.3, -0.25) is 14.4 Å². The Hall–Kier alpha value is -3.12. The van der Waals surface area contributed by atoms with Crippen molar-refractivity contribution in [1.82, 2.24) is 30.9 Å². The molecule has 4 rings (SSSR count). The van der Waals surface area contributed by atoms with Crippen LogP contribution in [-0.4, -0.2) is 32.7 Å². The predicted molar refractivity (Wildman–Crippen MR) is 131 cm³/mol. The van der Waals surface area contributed by atoms with Gasteiger partial charge in [0.1, 0.15) is 33.2 Å². The average molecular weight is 517 g/mol. The van der Waals surface area contributed by atoms with E-state index >= 15 is 0 Å². The lowest BCUT2D eigenvalue weighted by Gasteiger charge is -2.20. The van der Waals surface area contributed by atoms with Gasteiger partial charge in [-0.25, -0.2) is 15.0 Å². The smallest absolute Gasteiger partial charge is 0.274 e. The van der Waals surface area contributed by atoms with Gasteiger partial charge >= 0.3 is 0 Å². The van der Waals surface area contributed by atoms with Gasteiger partial charge in [0.25, 0.3) is 17.7 Å². The Morgan fingerprint density at radius 2 is 1.34 bits per heavy atom. The highest BCUT2D eigenvalue weighted by atomic mass is 32.1. The van der Waals surface area contributed by atoms with Crippen LogP contribution in [0, 0.1) is 18.8 Å². The molecule has 0 spiro atoms. The molecule has 6 bridgehead atoms. The minimum atomic E-state index is -0.564. The Kier molecular flexibility index (Phi) is 7.04. The number of hydrogen-bond donors (Lipinski definition) is 3. The molecule has 35 heavy (non-hydrogen) atoms. The average Bonchev–Trinajstić information content (AvgIpc) is 3.53. The Morgan fingerprint density at radius 1 is 0.800 bits per heavy atom. The van der Waals surface area contributed by atoms with Crippen LogP contribution in [0.1, 0.15) is 106 Å². The zero-order valence-corrected chi connectivity index (χ0v) is 22.0. The Bertz CT molecular complexity index is 1260. The summed E-state index contributed by atoms with van der Waals surface area (Å²) in [6, 6.07) is -1.41. The zero-order chi connectivity index (χ0) is 25.4. The molecule has 4 heterocycles. The third-order valence-electron chi connectivity index (χ3n) is 5.69. The van der Waals surface area contributed by atoms with E-state index in [4.69, 9.17) is 4.42 Å². The van der Waals surface area contributed by atoms with Crippen molar-refractivity contribution < 1.29 is 18.8 Å². The molecule has 0 fully saturated rings. The standard InChI is InChI=1S/C23H28N6O4S2/c1-9(2)15-21-29-17(12(6)33-21)20(32)24-11(5)22-25-13(7-34-22)19(31)28-16(10(3)4)23-26-14(8-35-23)18(30)27-15/h7-11,15-16H,1-6H3,(H,24,32)(H,27,30)(H,28,31)/t11?,15?,16-/m0/s1. The largest absolute Gasteiger partial charge is 0.443 e. The summed E-state index contributed by atoms with van der Waals surface area (Å²) in [5, 5.41) is 13.3. The van der Waals surface area contributed by atoms with Crippen LogP contribution in [0.2, 0.25) is 0 Å². The van der Waals surface area contributed by atoms with Crippen LogP contribution >= 0.6 is 22.7 Å². The minimum Gasteiger partial charge on any atom is -0.443 e. The van der Waals surface area contributed by atoms with Crippen molar-refractivity contribution in [2.45, 2.75) is 59.7 Å². The molecule has 3 aromatic rings. The highest BCUT2D eigenvalue weighted by Crippen LogP contribution is 2.28. The second-order valence-corrected chi connectivity index (χ2v) is 11.0. The van der Waals surface area contributed by atoms with Gasteiger partial charge in [0.05, 0.1) is 12.1 Å². The third-order valence-corrected chi connectivity index (χ3v) is 7.65. The highest BCUT2D eigenvalue weighted by molar-refractivity contribution is 7.10. The van der Waals surface area contributed by atoms with Crippen molar-refractivity contribution in [2.75, 3.05) is 0 Å². The van der Waals surface area contributed by atoms with Gasteiger partial charge in [0.15, 0.2) is 5.69 Å². The number of carbonyl (C=O) groups excluding carboxylic acids is 3. The first-order valence-corrected chi connectivity index (χ1v) is 13.1. The predicted octanol–water partition coefficient (Wildman–Crippen LogP) is 3.95. The second-order valence-electron chi connectivity index (χ2n) is 9.18. The number of aryl methyl sites for hydroxylation is 1. The molecule has 12 heteroatoms. The number of thiazole rings is 2. The van der Waals surface area contributed by atoms with Crippen LogP contribution in [0.5, 0.6) is 0 Å². The minimum absolute atomic E-state index is 0.0278. The number of nitrogens with zero attached hydrogens (tertiary/aromatic N) is 3. The third kappa shape index (κ3) is 5.13. The van der Waals surface area contributed by atoms with Crippen molar-refractivity contribution in [3.05, 3.63) is 49.5 Å². The molecule has 2 unspecified atom stereocenters. The number of amides is 3. The fourth-order valence-corrected chi connectivity index (χ4v) is 5.50. The normalized spacial score (nSPS) is 21.4. The molecule has 3 N–H and O–H groups in total. The lowest BCUT2D eigenvalue weighted by molar-refractivity contribution is 0.0910. The van der Waals surface area contributed by atoms with Gasteiger partial charge in [-0.05, 0) is 25.7 Å². The summed E-state index contributed by atoms with van der Waals surface area (Å²) >= 11 is 2.60. The zero-order valence-electron chi connectivity index (χ0n) is 20.3. The quantitative estimate of drug-likeness (QED) is 0.468. The summed E-state index contributed by atoms with van der Waals surface area (Å²) in [7, 11) is 0. The van der Waals surface area contributed by atoms with Gasteiger partial charge < -0.3 is 20.4 Å². The summed E-state index contributed by atoms with van der Waals surface area (Å²) in [6.45, 7) is 11.2. The van der Waals surface area contributed by atoms with Crippen LogP contribution in [0.3, 0.4) is 0 Å². The molecule has 3 aromatic heterocycles. The van der Waals surface area contributed by atoms with Gasteiger partial charge in [-0.15, -0.1) is 22.7 Å². The summed E-state index contributed by atoms with van der Waals surface area (Å²) in [6.07, 6.45) is 0. The second kappa shape index (κ2) is 9.86. The van der Waals surface area contributed by atoms with E-state index in [0.717, 1.165) is 0 Å². The lowest BCUT2D eigenvalue weighted by Crippen LogP contribution is -2.34. The maximum Gasteiger partial charge on any atom is 0.274 e. The number of rotatable bonds is 2. The molecular formula is C23H28N6O4S2. The first kappa shape index (κ1) is 25.0. The molecule has 186 valence electrons. The van der Waals surface area contributed by atoms with E-state index in [1.807, 2.05) is 27.7 Å². The maximum atomic E-state index is 13.1. The van der Waals surface area contributed by atoms with Gasteiger partial charge in [-0.2, -0.15) is 0 Å². The van der Waals surface area contributed by atoms with Crippen LogP contribution in [0.15, 0.2) is 15.2 Å². The highest BCUT2D eigenvalue weighted by Gasteiger charge is 2.30. The van der Waals surface area contributed by atoms with Crippen LogP contribution in [0.25, 0.3) is 0 Å². The summed E-state index contributed by atoms with van der Waals surface area (Å²) in [5.41, 5.74) is 0.632. The molecule has 10 nitrogen and oxygen atoms in total. The van der Waals surface area contributed by atoms with Gasteiger partial charge in [-0.1, -0.05) is 27.7 Å². The van der Waals surface area contributed by atoms with Crippen LogP contribution in [0.4, 0.5) is 0 Å². The molecule has 0 saturated heterocycles. The first-order chi connectivity index (χ1) is 16.5.